The monoisotopic (exact) mass is 206 g/mol. The molecule has 0 radical (unpaired) electrons. The van der Waals surface area contributed by atoms with Crippen molar-refractivity contribution in [3.05, 3.63) is 12.2 Å². The van der Waals surface area contributed by atoms with Gasteiger partial charge in [0.2, 0.25) is 0 Å². The summed E-state index contributed by atoms with van der Waals surface area (Å²) in [5.41, 5.74) is 0.805. The van der Waals surface area contributed by atoms with Crippen LogP contribution >= 0.6 is 11.6 Å². The lowest BCUT2D eigenvalue weighted by Gasteiger charge is -2.22. The van der Waals surface area contributed by atoms with Crippen LogP contribution in [0.5, 0.6) is 0 Å². The lowest BCUT2D eigenvalue weighted by Crippen LogP contribution is -2.24. The van der Waals surface area contributed by atoms with Gasteiger partial charge in [0.05, 0.1) is 12.2 Å². The molecular formula is C10H19ClO2. The third kappa shape index (κ3) is 7.05. The lowest BCUT2D eigenvalue weighted by molar-refractivity contribution is -0.00712. The van der Waals surface area contributed by atoms with Gasteiger partial charge in [-0.1, -0.05) is 6.58 Å². The van der Waals surface area contributed by atoms with Gasteiger partial charge in [-0.25, -0.2) is 0 Å². The van der Waals surface area contributed by atoms with E-state index in [0.29, 0.717) is 19.1 Å². The van der Waals surface area contributed by atoms with E-state index >= 15 is 0 Å². The number of hydrogen-bond acceptors (Lipinski definition) is 2. The van der Waals surface area contributed by atoms with Crippen LogP contribution in [-0.2, 0) is 9.47 Å². The zero-order valence-corrected chi connectivity index (χ0v) is 9.49. The van der Waals surface area contributed by atoms with E-state index in [1.54, 1.807) is 7.11 Å². The average molecular weight is 207 g/mol. The summed E-state index contributed by atoms with van der Waals surface area (Å²) < 4.78 is 10.6. The largest absolute Gasteiger partial charge is 0.379 e. The van der Waals surface area contributed by atoms with Gasteiger partial charge in [0.25, 0.3) is 0 Å². The Bertz CT molecular complexity index is 155. The van der Waals surface area contributed by atoms with Gasteiger partial charge in [0.15, 0.2) is 0 Å². The average Bonchev–Trinajstić information content (AvgIpc) is 2.12. The normalized spacial score (nSPS) is 11.7. The van der Waals surface area contributed by atoms with E-state index in [4.69, 9.17) is 21.1 Å². The highest BCUT2D eigenvalue weighted by atomic mass is 35.5. The number of alkyl halides is 1. The van der Waals surface area contributed by atoms with Crippen LogP contribution in [0.2, 0.25) is 0 Å². The van der Waals surface area contributed by atoms with Crippen LogP contribution < -0.4 is 0 Å². The molecule has 0 saturated heterocycles. The van der Waals surface area contributed by atoms with E-state index in [-0.39, 0.29) is 5.60 Å². The van der Waals surface area contributed by atoms with Crippen LogP contribution in [0.1, 0.15) is 20.3 Å². The SMILES string of the molecule is C=C(CCl)COCCC(C)(C)OC. The highest BCUT2D eigenvalue weighted by Crippen LogP contribution is 2.12. The number of rotatable bonds is 7. The molecule has 0 saturated carbocycles. The third-order valence-electron chi connectivity index (χ3n) is 1.90. The highest BCUT2D eigenvalue weighted by molar-refractivity contribution is 6.19. The molecule has 0 aromatic heterocycles. The molecule has 0 amide bonds. The molecule has 0 aromatic rings. The molecule has 0 heterocycles. The molecule has 0 aliphatic rings. The predicted molar refractivity (Wildman–Crippen MR) is 56.4 cm³/mol. The fourth-order valence-corrected chi connectivity index (χ4v) is 0.752. The molecule has 0 atom stereocenters. The quantitative estimate of drug-likeness (QED) is 0.362. The Morgan fingerprint density at radius 3 is 2.54 bits per heavy atom. The number of hydrogen-bond donors (Lipinski definition) is 0. The topological polar surface area (TPSA) is 18.5 Å². The Labute approximate surface area is 85.9 Å². The smallest absolute Gasteiger partial charge is 0.0685 e. The molecule has 0 spiro atoms. The van der Waals surface area contributed by atoms with Gasteiger partial charge in [-0.2, -0.15) is 0 Å². The molecule has 0 rings (SSSR count). The first kappa shape index (κ1) is 12.9. The van der Waals surface area contributed by atoms with Crippen LogP contribution in [0.3, 0.4) is 0 Å². The molecule has 0 bridgehead atoms. The fourth-order valence-electron chi connectivity index (χ4n) is 0.675. The van der Waals surface area contributed by atoms with Crippen LogP contribution in [0, 0.1) is 0 Å². The summed E-state index contributed by atoms with van der Waals surface area (Å²) in [5, 5.41) is 0. The van der Waals surface area contributed by atoms with Gasteiger partial charge in [0, 0.05) is 19.6 Å². The standard InChI is InChI=1S/C10H19ClO2/c1-9(7-11)8-13-6-5-10(2,3)12-4/h1,5-8H2,2-4H3. The minimum atomic E-state index is -0.109. The maximum atomic E-state index is 5.54. The number of methoxy groups -OCH3 is 1. The fraction of sp³-hybridized carbons (Fsp3) is 0.800. The van der Waals surface area contributed by atoms with Crippen molar-refractivity contribution in [3.63, 3.8) is 0 Å². The van der Waals surface area contributed by atoms with Crippen molar-refractivity contribution in [2.75, 3.05) is 26.2 Å². The van der Waals surface area contributed by atoms with E-state index in [1.165, 1.54) is 0 Å². The first-order chi connectivity index (χ1) is 6.02. The van der Waals surface area contributed by atoms with Crippen LogP contribution in [0.15, 0.2) is 12.2 Å². The molecule has 13 heavy (non-hydrogen) atoms. The molecule has 0 aliphatic heterocycles. The molecule has 3 heteroatoms. The second kappa shape index (κ2) is 6.41. The minimum Gasteiger partial charge on any atom is -0.379 e. The van der Waals surface area contributed by atoms with E-state index in [0.717, 1.165) is 12.0 Å². The van der Waals surface area contributed by atoms with Crippen LogP contribution in [-0.4, -0.2) is 31.8 Å². The summed E-state index contributed by atoms with van der Waals surface area (Å²) in [6.45, 7) is 9.03. The summed E-state index contributed by atoms with van der Waals surface area (Å²) in [6, 6.07) is 0. The molecule has 0 aromatic carbocycles. The van der Waals surface area contributed by atoms with E-state index in [1.807, 2.05) is 13.8 Å². The third-order valence-corrected chi connectivity index (χ3v) is 2.27. The van der Waals surface area contributed by atoms with Crippen molar-refractivity contribution in [2.45, 2.75) is 25.9 Å². The highest BCUT2D eigenvalue weighted by Gasteiger charge is 2.15. The van der Waals surface area contributed by atoms with Gasteiger partial charge in [0.1, 0.15) is 0 Å². The first-order valence-electron chi connectivity index (χ1n) is 4.37. The van der Waals surface area contributed by atoms with E-state index < -0.39 is 0 Å². The summed E-state index contributed by atoms with van der Waals surface area (Å²) in [6.07, 6.45) is 0.874. The van der Waals surface area contributed by atoms with Crippen molar-refractivity contribution < 1.29 is 9.47 Å². The minimum absolute atomic E-state index is 0.109. The Kier molecular flexibility index (Phi) is 6.39. The second-order valence-electron chi connectivity index (χ2n) is 3.65. The lowest BCUT2D eigenvalue weighted by atomic mass is 10.1. The second-order valence-corrected chi connectivity index (χ2v) is 3.92. The van der Waals surface area contributed by atoms with Crippen molar-refractivity contribution in [2.24, 2.45) is 0 Å². The van der Waals surface area contributed by atoms with Crippen LogP contribution in [0.4, 0.5) is 0 Å². The Balaban J connectivity index is 3.41. The molecule has 0 fully saturated rings. The molecule has 0 N–H and O–H groups in total. The van der Waals surface area contributed by atoms with Gasteiger partial charge < -0.3 is 9.47 Å². The zero-order valence-electron chi connectivity index (χ0n) is 8.73. The first-order valence-corrected chi connectivity index (χ1v) is 4.91. The summed E-state index contributed by atoms with van der Waals surface area (Å²) >= 11 is 5.54. The molecule has 78 valence electrons. The van der Waals surface area contributed by atoms with E-state index in [9.17, 15) is 0 Å². The van der Waals surface area contributed by atoms with Crippen molar-refractivity contribution in [1.82, 2.24) is 0 Å². The molecule has 0 unspecified atom stereocenters. The van der Waals surface area contributed by atoms with Gasteiger partial charge >= 0.3 is 0 Å². The maximum absolute atomic E-state index is 5.54. The summed E-state index contributed by atoms with van der Waals surface area (Å²) in [7, 11) is 1.71. The Morgan fingerprint density at radius 1 is 1.46 bits per heavy atom. The zero-order chi connectivity index (χ0) is 10.3. The van der Waals surface area contributed by atoms with Crippen molar-refractivity contribution in [3.8, 4) is 0 Å². The van der Waals surface area contributed by atoms with Gasteiger partial charge in [-0.15, -0.1) is 11.6 Å². The van der Waals surface area contributed by atoms with Crippen molar-refractivity contribution >= 4 is 11.6 Å². The molecule has 0 aliphatic carbocycles. The number of halogens is 1. The van der Waals surface area contributed by atoms with Gasteiger partial charge in [-0.05, 0) is 25.8 Å². The van der Waals surface area contributed by atoms with Crippen molar-refractivity contribution in [1.29, 1.82) is 0 Å². The van der Waals surface area contributed by atoms with Crippen LogP contribution in [0.25, 0.3) is 0 Å². The summed E-state index contributed by atoms with van der Waals surface area (Å²) in [5.74, 6) is 0.466. The summed E-state index contributed by atoms with van der Waals surface area (Å²) in [4.78, 5) is 0. The Morgan fingerprint density at radius 2 is 2.08 bits per heavy atom. The predicted octanol–water partition coefficient (Wildman–Crippen LogP) is 2.61. The molecule has 2 nitrogen and oxygen atoms in total. The Hall–Kier alpha value is -0.0500. The molecular weight excluding hydrogens is 188 g/mol. The maximum Gasteiger partial charge on any atom is 0.0685 e. The number of ether oxygens (including phenoxy) is 2. The van der Waals surface area contributed by atoms with E-state index in [2.05, 4.69) is 6.58 Å². The van der Waals surface area contributed by atoms with Gasteiger partial charge in [-0.3, -0.25) is 0 Å².